The zero-order valence-electron chi connectivity index (χ0n) is 19.0. The molecule has 2 atom stereocenters. The van der Waals surface area contributed by atoms with Gasteiger partial charge in [0.25, 0.3) is 5.56 Å². The number of hydrogen-bond donors (Lipinski definition) is 2. The first-order chi connectivity index (χ1) is 15.4. The molecule has 4 rings (SSSR count). The molecule has 168 valence electrons. The lowest BCUT2D eigenvalue weighted by atomic mass is 10.0. The molecular weight excluding hydrogens is 404 g/mol. The van der Waals surface area contributed by atoms with E-state index in [9.17, 15) is 9.59 Å². The lowest BCUT2D eigenvalue weighted by Gasteiger charge is -2.23. The number of benzene rings is 2. The van der Waals surface area contributed by atoms with E-state index in [4.69, 9.17) is 4.74 Å². The highest BCUT2D eigenvalue weighted by Crippen LogP contribution is 2.41. The van der Waals surface area contributed by atoms with Crippen LogP contribution in [-0.2, 0) is 11.8 Å². The van der Waals surface area contributed by atoms with Crippen LogP contribution in [0, 0.1) is 12.8 Å². The molecule has 2 unspecified atom stereocenters. The third kappa shape index (κ3) is 4.34. The van der Waals surface area contributed by atoms with E-state index in [1.165, 1.54) is 0 Å². The number of rotatable bonds is 8. The first kappa shape index (κ1) is 21.9. The van der Waals surface area contributed by atoms with Crippen molar-refractivity contribution in [3.63, 3.8) is 0 Å². The number of carbonyl (C=O) groups excluding carboxylic acids is 1. The Bertz CT molecular complexity index is 1140. The predicted octanol–water partition coefficient (Wildman–Crippen LogP) is 3.56. The van der Waals surface area contributed by atoms with Crippen molar-refractivity contribution in [1.82, 2.24) is 14.7 Å². The number of carbonyl (C=O) groups is 1. The Morgan fingerprint density at radius 2 is 1.75 bits per heavy atom. The number of nitrogens with zero attached hydrogens (tertiary/aromatic N) is 2. The summed E-state index contributed by atoms with van der Waals surface area (Å²) in [6, 6.07) is 17.0. The highest BCUT2D eigenvalue weighted by molar-refractivity contribution is 5.95. The Hall–Kier alpha value is -3.32. The van der Waals surface area contributed by atoms with Crippen LogP contribution in [0.25, 0.3) is 5.69 Å². The third-order valence-electron chi connectivity index (χ3n) is 6.19. The number of para-hydroxylation sites is 1. The zero-order valence-corrected chi connectivity index (χ0v) is 19.0. The molecular formula is C25H30N4O3. The quantitative estimate of drug-likeness (QED) is 0.568. The third-order valence-corrected chi connectivity index (χ3v) is 6.19. The van der Waals surface area contributed by atoms with Crippen molar-refractivity contribution >= 4 is 11.6 Å². The monoisotopic (exact) mass is 434 g/mol. The summed E-state index contributed by atoms with van der Waals surface area (Å²) >= 11 is 0. The van der Waals surface area contributed by atoms with Crippen molar-refractivity contribution < 1.29 is 9.53 Å². The van der Waals surface area contributed by atoms with Crippen LogP contribution in [-0.4, -0.2) is 28.4 Å². The van der Waals surface area contributed by atoms with Gasteiger partial charge in [-0.3, -0.25) is 19.6 Å². The Morgan fingerprint density at radius 3 is 2.34 bits per heavy atom. The predicted molar refractivity (Wildman–Crippen MR) is 125 cm³/mol. The average molecular weight is 435 g/mol. The summed E-state index contributed by atoms with van der Waals surface area (Å²) < 4.78 is 8.58. The van der Waals surface area contributed by atoms with Gasteiger partial charge in [0.2, 0.25) is 5.91 Å². The van der Waals surface area contributed by atoms with Gasteiger partial charge in [-0.25, -0.2) is 4.68 Å². The molecule has 1 heterocycles. The lowest BCUT2D eigenvalue weighted by Crippen LogP contribution is -2.41. The van der Waals surface area contributed by atoms with Gasteiger partial charge < -0.3 is 10.1 Å². The summed E-state index contributed by atoms with van der Waals surface area (Å²) in [5.74, 6) is 1.09. The van der Waals surface area contributed by atoms with Gasteiger partial charge in [0.05, 0.1) is 24.5 Å². The number of nitrogens with one attached hydrogen (secondary N) is 2. The molecule has 1 aliphatic carbocycles. The highest BCUT2D eigenvalue weighted by Gasteiger charge is 2.34. The molecule has 0 aliphatic heterocycles. The van der Waals surface area contributed by atoms with E-state index < -0.39 is 6.04 Å². The number of ether oxygens (including phenoxy) is 1. The molecule has 1 saturated carbocycles. The first-order valence-electron chi connectivity index (χ1n) is 11.0. The molecule has 7 nitrogen and oxygen atoms in total. The van der Waals surface area contributed by atoms with Crippen molar-refractivity contribution in [1.29, 1.82) is 0 Å². The lowest BCUT2D eigenvalue weighted by molar-refractivity contribution is -0.118. The van der Waals surface area contributed by atoms with Gasteiger partial charge in [-0.2, -0.15) is 0 Å². The Balaban J connectivity index is 1.52. The zero-order chi connectivity index (χ0) is 22.8. The Kier molecular flexibility index (Phi) is 6.19. The largest absolute Gasteiger partial charge is 0.497 e. The normalized spacial score (nSPS) is 15.2. The molecule has 3 aromatic rings. The summed E-state index contributed by atoms with van der Waals surface area (Å²) in [4.78, 5) is 26.1. The molecule has 1 aliphatic rings. The van der Waals surface area contributed by atoms with E-state index in [2.05, 4.69) is 10.6 Å². The standard InChI is InChI=1S/C25H30N4O3/c1-16(26-23(18-10-11-18)19-12-14-21(32-4)15-13-19)24(30)27-22-17(2)28(3)29(25(22)31)20-8-6-5-7-9-20/h5-9,12-16,18,23,26H,10-11H2,1-4H3,(H,27,30). The molecule has 1 amide bonds. The molecule has 0 saturated heterocycles. The second kappa shape index (κ2) is 9.04. The van der Waals surface area contributed by atoms with Gasteiger partial charge in [0.1, 0.15) is 11.4 Å². The number of aromatic nitrogens is 2. The number of anilines is 1. The minimum atomic E-state index is -0.466. The average Bonchev–Trinajstić information content (AvgIpc) is 3.63. The van der Waals surface area contributed by atoms with Gasteiger partial charge in [-0.15, -0.1) is 0 Å². The van der Waals surface area contributed by atoms with Gasteiger partial charge in [0, 0.05) is 13.1 Å². The van der Waals surface area contributed by atoms with E-state index in [-0.39, 0.29) is 17.5 Å². The molecule has 7 heteroatoms. The molecule has 1 aromatic heterocycles. The van der Waals surface area contributed by atoms with Crippen LogP contribution < -0.4 is 20.9 Å². The van der Waals surface area contributed by atoms with Crippen molar-refractivity contribution in [2.24, 2.45) is 13.0 Å². The topological polar surface area (TPSA) is 77.3 Å². The van der Waals surface area contributed by atoms with Gasteiger partial charge in [-0.05, 0) is 62.4 Å². The Morgan fingerprint density at radius 1 is 1.09 bits per heavy atom. The van der Waals surface area contributed by atoms with Gasteiger partial charge in [-0.1, -0.05) is 30.3 Å². The van der Waals surface area contributed by atoms with E-state index in [1.807, 2.05) is 75.5 Å². The maximum absolute atomic E-state index is 13.1. The summed E-state index contributed by atoms with van der Waals surface area (Å²) in [7, 11) is 3.46. The fourth-order valence-electron chi connectivity index (χ4n) is 4.03. The minimum absolute atomic E-state index is 0.0829. The SMILES string of the molecule is COc1ccc(C(NC(C)C(=O)Nc2c(C)n(C)n(-c3ccccc3)c2=O)C2CC2)cc1. The maximum atomic E-state index is 13.1. The van der Waals surface area contributed by atoms with E-state index in [0.29, 0.717) is 17.3 Å². The van der Waals surface area contributed by atoms with Crippen molar-refractivity contribution in [2.45, 2.75) is 38.8 Å². The second-order valence-corrected chi connectivity index (χ2v) is 8.40. The van der Waals surface area contributed by atoms with Crippen LogP contribution >= 0.6 is 0 Å². The van der Waals surface area contributed by atoms with Crippen LogP contribution in [0.1, 0.15) is 37.1 Å². The fraction of sp³-hybridized carbons (Fsp3) is 0.360. The fourth-order valence-corrected chi connectivity index (χ4v) is 4.03. The molecule has 0 spiro atoms. The molecule has 0 bridgehead atoms. The first-order valence-corrected chi connectivity index (χ1v) is 11.0. The maximum Gasteiger partial charge on any atom is 0.295 e. The molecule has 0 radical (unpaired) electrons. The van der Waals surface area contributed by atoms with Crippen molar-refractivity contribution in [3.8, 4) is 11.4 Å². The second-order valence-electron chi connectivity index (χ2n) is 8.40. The summed E-state index contributed by atoms with van der Waals surface area (Å²) in [5, 5.41) is 6.34. The van der Waals surface area contributed by atoms with Gasteiger partial charge >= 0.3 is 0 Å². The highest BCUT2D eigenvalue weighted by atomic mass is 16.5. The summed E-state index contributed by atoms with van der Waals surface area (Å²) in [6.07, 6.45) is 2.27. The van der Waals surface area contributed by atoms with E-state index in [0.717, 1.165) is 29.8 Å². The molecule has 2 aromatic carbocycles. The molecule has 2 N–H and O–H groups in total. The van der Waals surface area contributed by atoms with Crippen LogP contribution in [0.15, 0.2) is 59.4 Å². The summed E-state index contributed by atoms with van der Waals surface area (Å²) in [6.45, 7) is 3.67. The van der Waals surface area contributed by atoms with Crippen LogP contribution in [0.4, 0.5) is 5.69 Å². The molecule has 1 fully saturated rings. The smallest absolute Gasteiger partial charge is 0.295 e. The van der Waals surface area contributed by atoms with Crippen LogP contribution in [0.2, 0.25) is 0 Å². The van der Waals surface area contributed by atoms with Crippen molar-refractivity contribution in [2.75, 3.05) is 12.4 Å². The van der Waals surface area contributed by atoms with E-state index in [1.54, 1.807) is 16.5 Å². The summed E-state index contributed by atoms with van der Waals surface area (Å²) in [5.41, 5.74) is 2.65. The van der Waals surface area contributed by atoms with Gasteiger partial charge in [0.15, 0.2) is 0 Å². The number of hydrogen-bond acceptors (Lipinski definition) is 4. The number of amides is 1. The van der Waals surface area contributed by atoms with Crippen molar-refractivity contribution in [3.05, 3.63) is 76.2 Å². The Labute approximate surface area is 188 Å². The number of methoxy groups -OCH3 is 1. The minimum Gasteiger partial charge on any atom is -0.497 e. The molecule has 32 heavy (non-hydrogen) atoms. The van der Waals surface area contributed by atoms with Crippen LogP contribution in [0.5, 0.6) is 5.75 Å². The van der Waals surface area contributed by atoms with E-state index >= 15 is 0 Å². The van der Waals surface area contributed by atoms with Crippen LogP contribution in [0.3, 0.4) is 0 Å².